The number of sulfonamides is 1. The molecule has 0 heterocycles. The summed E-state index contributed by atoms with van der Waals surface area (Å²) in [4.78, 5) is 12.2. The van der Waals surface area contributed by atoms with Gasteiger partial charge in [0.15, 0.2) is 0 Å². The van der Waals surface area contributed by atoms with Crippen molar-refractivity contribution >= 4 is 38.9 Å². The number of rotatable bonds is 7. The molecule has 1 N–H and O–H groups in total. The van der Waals surface area contributed by atoms with Gasteiger partial charge in [0.25, 0.3) is 0 Å². The second kappa shape index (κ2) is 8.56. The highest BCUT2D eigenvalue weighted by molar-refractivity contribution is 7.92. The third-order valence-corrected chi connectivity index (χ3v) is 5.46. The molecule has 0 saturated heterocycles. The zero-order valence-corrected chi connectivity index (χ0v) is 16.6. The highest BCUT2D eigenvalue weighted by atomic mass is 35.5. The standard InChI is InChI=1S/C19H23ClN2O3S/c1-14(2)15-8-10-16(11-9-15)22(26(3,24)25)13-12-19(23)21-18-7-5-4-6-17(18)20/h4-11,14H,12-13H2,1-3H3,(H,21,23). The Balaban J connectivity index is 2.09. The fourth-order valence-electron chi connectivity index (χ4n) is 2.49. The van der Waals surface area contributed by atoms with Crippen LogP contribution in [0.2, 0.25) is 5.02 Å². The third-order valence-electron chi connectivity index (χ3n) is 3.94. The molecular weight excluding hydrogens is 372 g/mol. The largest absolute Gasteiger partial charge is 0.325 e. The van der Waals surface area contributed by atoms with Gasteiger partial charge in [-0.25, -0.2) is 8.42 Å². The first-order chi connectivity index (χ1) is 12.2. The molecule has 0 unspecified atom stereocenters. The molecule has 0 radical (unpaired) electrons. The minimum Gasteiger partial charge on any atom is -0.325 e. The molecule has 26 heavy (non-hydrogen) atoms. The van der Waals surface area contributed by atoms with Gasteiger partial charge in [0.05, 0.1) is 22.7 Å². The summed E-state index contributed by atoms with van der Waals surface area (Å²) >= 11 is 6.02. The van der Waals surface area contributed by atoms with E-state index in [2.05, 4.69) is 19.2 Å². The van der Waals surface area contributed by atoms with Gasteiger partial charge in [0.1, 0.15) is 0 Å². The molecule has 0 saturated carbocycles. The van der Waals surface area contributed by atoms with Gasteiger partial charge >= 0.3 is 0 Å². The normalized spacial score (nSPS) is 11.4. The molecule has 140 valence electrons. The van der Waals surface area contributed by atoms with Gasteiger partial charge in [-0.2, -0.15) is 0 Å². The molecule has 2 aromatic rings. The number of benzene rings is 2. The summed E-state index contributed by atoms with van der Waals surface area (Å²) in [5.74, 6) is 0.0580. The number of carbonyl (C=O) groups is 1. The van der Waals surface area contributed by atoms with Gasteiger partial charge in [0, 0.05) is 13.0 Å². The van der Waals surface area contributed by atoms with E-state index in [0.717, 1.165) is 11.8 Å². The fraction of sp³-hybridized carbons (Fsp3) is 0.316. The Morgan fingerprint density at radius 1 is 1.12 bits per heavy atom. The van der Waals surface area contributed by atoms with E-state index in [0.29, 0.717) is 22.3 Å². The predicted molar refractivity (Wildman–Crippen MR) is 107 cm³/mol. The minimum atomic E-state index is -3.50. The van der Waals surface area contributed by atoms with Gasteiger partial charge in [-0.05, 0) is 35.7 Å². The lowest BCUT2D eigenvalue weighted by molar-refractivity contribution is -0.116. The number of hydrogen-bond donors (Lipinski definition) is 1. The molecule has 0 aliphatic rings. The summed E-state index contributed by atoms with van der Waals surface area (Å²) in [5.41, 5.74) is 2.17. The molecule has 0 aliphatic heterocycles. The van der Waals surface area contributed by atoms with Crippen LogP contribution in [-0.2, 0) is 14.8 Å². The molecule has 0 aliphatic carbocycles. The first-order valence-electron chi connectivity index (χ1n) is 8.30. The van der Waals surface area contributed by atoms with Crippen molar-refractivity contribution in [2.75, 3.05) is 22.4 Å². The van der Waals surface area contributed by atoms with E-state index in [4.69, 9.17) is 11.6 Å². The second-order valence-electron chi connectivity index (χ2n) is 6.36. The van der Waals surface area contributed by atoms with Crippen molar-refractivity contribution in [2.45, 2.75) is 26.2 Å². The van der Waals surface area contributed by atoms with Gasteiger partial charge in [-0.3, -0.25) is 9.10 Å². The van der Waals surface area contributed by atoms with E-state index in [1.807, 2.05) is 12.1 Å². The first-order valence-corrected chi connectivity index (χ1v) is 10.5. The lowest BCUT2D eigenvalue weighted by Gasteiger charge is -2.22. The average Bonchev–Trinajstić information content (AvgIpc) is 2.56. The third kappa shape index (κ3) is 5.47. The SMILES string of the molecule is CC(C)c1ccc(N(CCC(=O)Nc2ccccc2Cl)S(C)(=O)=O)cc1. The van der Waals surface area contributed by atoms with Crippen LogP contribution in [0.25, 0.3) is 0 Å². The minimum absolute atomic E-state index is 0.0181. The molecule has 5 nitrogen and oxygen atoms in total. The number of anilines is 2. The van der Waals surface area contributed by atoms with Gasteiger partial charge in [0.2, 0.25) is 15.9 Å². The second-order valence-corrected chi connectivity index (χ2v) is 8.67. The highest BCUT2D eigenvalue weighted by Gasteiger charge is 2.19. The number of nitrogens with zero attached hydrogens (tertiary/aromatic N) is 1. The smallest absolute Gasteiger partial charge is 0.232 e. The molecule has 2 rings (SSSR count). The maximum absolute atomic E-state index is 12.2. The van der Waals surface area contributed by atoms with E-state index in [1.54, 1.807) is 36.4 Å². The average molecular weight is 395 g/mol. The quantitative estimate of drug-likeness (QED) is 0.763. The van der Waals surface area contributed by atoms with Crippen molar-refractivity contribution in [2.24, 2.45) is 0 Å². The maximum Gasteiger partial charge on any atom is 0.232 e. The van der Waals surface area contributed by atoms with Crippen LogP contribution in [0.15, 0.2) is 48.5 Å². The van der Waals surface area contributed by atoms with Crippen LogP contribution in [0, 0.1) is 0 Å². The van der Waals surface area contributed by atoms with E-state index >= 15 is 0 Å². The summed E-state index contributed by atoms with van der Waals surface area (Å²) in [5, 5.41) is 3.14. The molecule has 1 amide bonds. The summed E-state index contributed by atoms with van der Waals surface area (Å²) < 4.78 is 25.5. The molecule has 0 atom stereocenters. The summed E-state index contributed by atoms with van der Waals surface area (Å²) in [6.45, 7) is 4.20. The summed E-state index contributed by atoms with van der Waals surface area (Å²) in [7, 11) is -3.50. The Morgan fingerprint density at radius 3 is 2.27 bits per heavy atom. The topological polar surface area (TPSA) is 66.5 Å². The molecule has 0 bridgehead atoms. The summed E-state index contributed by atoms with van der Waals surface area (Å²) in [6.07, 6.45) is 1.15. The van der Waals surface area contributed by atoms with Crippen molar-refractivity contribution in [3.8, 4) is 0 Å². The zero-order valence-electron chi connectivity index (χ0n) is 15.1. The van der Waals surface area contributed by atoms with Crippen LogP contribution in [0.3, 0.4) is 0 Å². The number of carbonyl (C=O) groups excluding carboxylic acids is 1. The molecule has 2 aromatic carbocycles. The molecule has 0 spiro atoms. The fourth-order valence-corrected chi connectivity index (χ4v) is 3.60. The van der Waals surface area contributed by atoms with Crippen LogP contribution < -0.4 is 9.62 Å². The Hall–Kier alpha value is -2.05. The van der Waals surface area contributed by atoms with Crippen molar-refractivity contribution in [1.29, 1.82) is 0 Å². The van der Waals surface area contributed by atoms with E-state index in [-0.39, 0.29) is 18.9 Å². The first kappa shape index (κ1) is 20.3. The Morgan fingerprint density at radius 2 is 1.73 bits per heavy atom. The number of halogens is 1. The zero-order chi connectivity index (χ0) is 19.3. The van der Waals surface area contributed by atoms with Crippen molar-refractivity contribution < 1.29 is 13.2 Å². The van der Waals surface area contributed by atoms with Gasteiger partial charge in [-0.15, -0.1) is 0 Å². The van der Waals surface area contributed by atoms with E-state index < -0.39 is 10.0 Å². The van der Waals surface area contributed by atoms with Crippen molar-refractivity contribution in [1.82, 2.24) is 0 Å². The molecule has 7 heteroatoms. The van der Waals surface area contributed by atoms with Gasteiger partial charge < -0.3 is 5.32 Å². The summed E-state index contributed by atoms with van der Waals surface area (Å²) in [6, 6.07) is 14.2. The lowest BCUT2D eigenvalue weighted by Crippen LogP contribution is -2.33. The number of amides is 1. The Labute approximate surface area is 160 Å². The number of para-hydroxylation sites is 1. The number of hydrogen-bond acceptors (Lipinski definition) is 3. The van der Waals surface area contributed by atoms with Crippen LogP contribution in [-0.4, -0.2) is 27.1 Å². The number of nitrogens with one attached hydrogen (secondary N) is 1. The predicted octanol–water partition coefficient (Wildman–Crippen LogP) is 4.26. The molecule has 0 aromatic heterocycles. The van der Waals surface area contributed by atoms with Crippen LogP contribution >= 0.6 is 11.6 Å². The van der Waals surface area contributed by atoms with Crippen molar-refractivity contribution in [3.63, 3.8) is 0 Å². The Bertz CT molecular complexity index is 865. The molecular formula is C19H23ClN2O3S. The van der Waals surface area contributed by atoms with Crippen molar-refractivity contribution in [3.05, 3.63) is 59.1 Å². The Kier molecular flexibility index (Phi) is 6.67. The monoisotopic (exact) mass is 394 g/mol. The van der Waals surface area contributed by atoms with Gasteiger partial charge in [-0.1, -0.05) is 49.7 Å². The van der Waals surface area contributed by atoms with E-state index in [1.165, 1.54) is 4.31 Å². The van der Waals surface area contributed by atoms with Crippen LogP contribution in [0.1, 0.15) is 31.7 Å². The lowest BCUT2D eigenvalue weighted by atomic mass is 10.0. The maximum atomic E-state index is 12.2. The van der Waals surface area contributed by atoms with E-state index in [9.17, 15) is 13.2 Å². The van der Waals surface area contributed by atoms with Crippen LogP contribution in [0.4, 0.5) is 11.4 Å². The highest BCUT2D eigenvalue weighted by Crippen LogP contribution is 2.23. The van der Waals surface area contributed by atoms with Crippen LogP contribution in [0.5, 0.6) is 0 Å². The molecule has 0 fully saturated rings.